The normalized spacial score (nSPS) is 10.1. The number of non-ortho nitro benzene ring substituents is 2. The van der Waals surface area contributed by atoms with Crippen LogP contribution in [0.3, 0.4) is 0 Å². The molecule has 0 radical (unpaired) electrons. The Balaban J connectivity index is 1.94. The number of hydrogen-bond donors (Lipinski definition) is 0. The Morgan fingerprint density at radius 3 is 2.28 bits per heavy atom. The molecule has 130 valence electrons. The molecule has 25 heavy (non-hydrogen) atoms. The van der Waals surface area contributed by atoms with Gasteiger partial charge in [0.25, 0.3) is 17.3 Å². The smallest absolute Gasteiger partial charge is 0.273 e. The highest BCUT2D eigenvalue weighted by Crippen LogP contribution is 2.19. The number of amides is 1. The van der Waals surface area contributed by atoms with E-state index in [-0.39, 0.29) is 36.2 Å². The van der Waals surface area contributed by atoms with Gasteiger partial charge in [-0.1, -0.05) is 18.2 Å². The molecule has 0 fully saturated rings. The average molecular weight is 345 g/mol. The summed E-state index contributed by atoms with van der Waals surface area (Å²) in [6.07, 6.45) is 0. The minimum atomic E-state index is -0.552. The van der Waals surface area contributed by atoms with Gasteiger partial charge in [-0.25, -0.2) is 0 Å². The first-order valence-corrected chi connectivity index (χ1v) is 7.21. The van der Waals surface area contributed by atoms with E-state index in [0.29, 0.717) is 5.56 Å². The number of carbonyl (C=O) groups is 1. The molecule has 0 heterocycles. The Morgan fingerprint density at radius 2 is 1.64 bits per heavy atom. The van der Waals surface area contributed by atoms with Gasteiger partial charge in [-0.15, -0.1) is 0 Å². The Hall–Kier alpha value is -3.49. The van der Waals surface area contributed by atoms with Crippen molar-refractivity contribution in [2.45, 2.75) is 6.54 Å². The number of hydrogen-bond acceptors (Lipinski definition) is 6. The molecular weight excluding hydrogens is 330 g/mol. The zero-order valence-electron chi connectivity index (χ0n) is 13.3. The van der Waals surface area contributed by atoms with Crippen LogP contribution in [0.5, 0.6) is 5.75 Å². The van der Waals surface area contributed by atoms with Gasteiger partial charge in [0.05, 0.1) is 15.9 Å². The number of carbonyl (C=O) groups excluding carboxylic acids is 1. The molecule has 0 bridgehead atoms. The van der Waals surface area contributed by atoms with Crippen LogP contribution in [0.25, 0.3) is 0 Å². The van der Waals surface area contributed by atoms with Gasteiger partial charge in [0.2, 0.25) is 0 Å². The van der Waals surface area contributed by atoms with Crippen molar-refractivity contribution in [1.29, 1.82) is 0 Å². The first-order chi connectivity index (χ1) is 11.9. The lowest BCUT2D eigenvalue weighted by atomic mass is 10.2. The fourth-order valence-corrected chi connectivity index (χ4v) is 2.07. The van der Waals surface area contributed by atoms with Crippen LogP contribution in [0.4, 0.5) is 11.4 Å². The van der Waals surface area contributed by atoms with Crippen molar-refractivity contribution in [3.05, 3.63) is 74.3 Å². The molecule has 0 aliphatic rings. The molecular formula is C16H15N3O6. The van der Waals surface area contributed by atoms with Crippen LogP contribution in [0.1, 0.15) is 5.56 Å². The van der Waals surface area contributed by atoms with Crippen molar-refractivity contribution in [3.63, 3.8) is 0 Å². The Labute approximate surface area is 142 Å². The average Bonchev–Trinajstić information content (AvgIpc) is 2.60. The molecule has 2 aromatic rings. The third kappa shape index (κ3) is 4.99. The van der Waals surface area contributed by atoms with Crippen molar-refractivity contribution < 1.29 is 19.4 Å². The van der Waals surface area contributed by atoms with Gasteiger partial charge in [0.1, 0.15) is 5.75 Å². The highest BCUT2D eigenvalue weighted by molar-refractivity contribution is 5.77. The number of nitro benzene ring substituents is 2. The van der Waals surface area contributed by atoms with Gasteiger partial charge in [-0.3, -0.25) is 25.0 Å². The maximum absolute atomic E-state index is 12.1. The van der Waals surface area contributed by atoms with Crippen LogP contribution in [-0.4, -0.2) is 34.3 Å². The summed E-state index contributed by atoms with van der Waals surface area (Å²) in [4.78, 5) is 33.9. The summed E-state index contributed by atoms with van der Waals surface area (Å²) in [7, 11) is 1.54. The van der Waals surface area contributed by atoms with E-state index in [0.717, 1.165) is 0 Å². The molecule has 0 atom stereocenters. The van der Waals surface area contributed by atoms with E-state index < -0.39 is 9.85 Å². The van der Waals surface area contributed by atoms with Crippen LogP contribution in [0.15, 0.2) is 48.5 Å². The molecule has 0 saturated heterocycles. The monoisotopic (exact) mass is 345 g/mol. The molecule has 2 aromatic carbocycles. The summed E-state index contributed by atoms with van der Waals surface area (Å²) < 4.78 is 5.28. The molecule has 0 spiro atoms. The third-order valence-electron chi connectivity index (χ3n) is 3.36. The van der Waals surface area contributed by atoms with E-state index in [2.05, 4.69) is 0 Å². The fourth-order valence-electron chi connectivity index (χ4n) is 2.07. The molecule has 9 nitrogen and oxygen atoms in total. The highest BCUT2D eigenvalue weighted by atomic mass is 16.6. The topological polar surface area (TPSA) is 116 Å². The maximum Gasteiger partial charge on any atom is 0.273 e. The summed E-state index contributed by atoms with van der Waals surface area (Å²) in [5.41, 5.74) is 0.432. The van der Waals surface area contributed by atoms with E-state index in [4.69, 9.17) is 4.74 Å². The van der Waals surface area contributed by atoms with Gasteiger partial charge in [0.15, 0.2) is 6.61 Å². The number of nitro groups is 2. The molecule has 0 unspecified atom stereocenters. The molecule has 0 aromatic heterocycles. The number of rotatable bonds is 7. The number of ether oxygens (including phenoxy) is 1. The molecule has 2 rings (SSSR count). The Morgan fingerprint density at radius 1 is 1.04 bits per heavy atom. The van der Waals surface area contributed by atoms with E-state index >= 15 is 0 Å². The van der Waals surface area contributed by atoms with Crippen molar-refractivity contribution in [1.82, 2.24) is 4.90 Å². The van der Waals surface area contributed by atoms with Crippen molar-refractivity contribution in [3.8, 4) is 5.75 Å². The lowest BCUT2D eigenvalue weighted by Gasteiger charge is -2.17. The zero-order chi connectivity index (χ0) is 18.4. The van der Waals surface area contributed by atoms with Crippen molar-refractivity contribution in [2.75, 3.05) is 13.7 Å². The number of nitrogens with zero attached hydrogens (tertiary/aromatic N) is 3. The summed E-state index contributed by atoms with van der Waals surface area (Å²) in [5, 5.41) is 21.5. The Kier molecular flexibility index (Phi) is 5.62. The lowest BCUT2D eigenvalue weighted by molar-refractivity contribution is -0.385. The van der Waals surface area contributed by atoms with E-state index in [1.807, 2.05) is 0 Å². The highest BCUT2D eigenvalue weighted by Gasteiger charge is 2.13. The van der Waals surface area contributed by atoms with Crippen LogP contribution < -0.4 is 4.74 Å². The SMILES string of the molecule is CN(Cc1cccc([N+](=O)[O-])c1)C(=O)COc1cccc([N+](=O)[O-])c1. The van der Waals surface area contributed by atoms with Gasteiger partial charge >= 0.3 is 0 Å². The molecule has 0 aliphatic carbocycles. The van der Waals surface area contributed by atoms with Gasteiger partial charge < -0.3 is 9.64 Å². The molecule has 0 saturated carbocycles. The predicted octanol–water partition coefficient (Wildman–Crippen LogP) is 2.54. The molecule has 1 amide bonds. The largest absolute Gasteiger partial charge is 0.484 e. The Bertz CT molecular complexity index is 808. The first-order valence-electron chi connectivity index (χ1n) is 7.21. The quantitative estimate of drug-likeness (QED) is 0.562. The summed E-state index contributed by atoms with van der Waals surface area (Å²) >= 11 is 0. The van der Waals surface area contributed by atoms with Crippen molar-refractivity contribution >= 4 is 17.3 Å². The van der Waals surface area contributed by atoms with Crippen LogP contribution in [-0.2, 0) is 11.3 Å². The molecule has 0 aliphatic heterocycles. The zero-order valence-corrected chi connectivity index (χ0v) is 13.3. The fraction of sp³-hybridized carbons (Fsp3) is 0.188. The lowest BCUT2D eigenvalue weighted by Crippen LogP contribution is -2.30. The summed E-state index contributed by atoms with van der Waals surface area (Å²) in [6, 6.07) is 11.5. The number of likely N-dealkylation sites (N-methyl/N-ethyl adjacent to an activating group) is 1. The standard InChI is InChI=1S/C16H15N3O6/c1-17(10-12-4-2-5-13(8-12)18(21)22)16(20)11-25-15-7-3-6-14(9-15)19(23)24/h2-9H,10-11H2,1H3. The molecule has 0 N–H and O–H groups in total. The van der Waals surface area contributed by atoms with Crippen LogP contribution in [0.2, 0.25) is 0 Å². The van der Waals surface area contributed by atoms with E-state index in [9.17, 15) is 25.0 Å². The van der Waals surface area contributed by atoms with Gasteiger partial charge in [0, 0.05) is 31.8 Å². The second-order valence-corrected chi connectivity index (χ2v) is 5.22. The first kappa shape index (κ1) is 17.9. The third-order valence-corrected chi connectivity index (χ3v) is 3.36. The van der Waals surface area contributed by atoms with Gasteiger partial charge in [-0.05, 0) is 11.6 Å². The minimum absolute atomic E-state index is 0.0498. The van der Waals surface area contributed by atoms with E-state index in [1.54, 1.807) is 12.1 Å². The predicted molar refractivity (Wildman–Crippen MR) is 88.2 cm³/mol. The van der Waals surface area contributed by atoms with Crippen LogP contribution in [0, 0.1) is 20.2 Å². The maximum atomic E-state index is 12.1. The van der Waals surface area contributed by atoms with Crippen molar-refractivity contribution in [2.24, 2.45) is 0 Å². The van der Waals surface area contributed by atoms with Gasteiger partial charge in [-0.2, -0.15) is 0 Å². The number of benzene rings is 2. The summed E-state index contributed by atoms with van der Waals surface area (Å²) in [6.45, 7) is -0.120. The second kappa shape index (κ2) is 7.86. The molecule has 9 heteroatoms. The van der Waals surface area contributed by atoms with E-state index in [1.165, 1.54) is 48.3 Å². The van der Waals surface area contributed by atoms with Crippen LogP contribution >= 0.6 is 0 Å². The summed E-state index contributed by atoms with van der Waals surface area (Å²) in [5.74, 6) is -0.149. The second-order valence-electron chi connectivity index (χ2n) is 5.22. The minimum Gasteiger partial charge on any atom is -0.484 e.